The van der Waals surface area contributed by atoms with E-state index in [2.05, 4.69) is 5.32 Å². The maximum atomic E-state index is 11.6. The minimum atomic E-state index is -0.458. The molecule has 0 unspecified atom stereocenters. The van der Waals surface area contributed by atoms with Crippen LogP contribution < -0.4 is 5.32 Å². The Labute approximate surface area is 95.5 Å². The van der Waals surface area contributed by atoms with Gasteiger partial charge in [-0.05, 0) is 19.8 Å². The minimum Gasteiger partial charge on any atom is -0.466 e. The van der Waals surface area contributed by atoms with Crippen LogP contribution in [0.25, 0.3) is 0 Å². The predicted octanol–water partition coefficient (Wildman–Crippen LogP) is 1.32. The number of hydrogen-bond acceptors (Lipinski definition) is 4. The molecule has 0 aliphatic carbocycles. The van der Waals surface area contributed by atoms with Crippen molar-refractivity contribution in [1.29, 1.82) is 0 Å². The highest BCUT2D eigenvalue weighted by atomic mass is 16.6. The Bertz CT molecular complexity index is 277. The molecule has 3 atom stereocenters. The van der Waals surface area contributed by atoms with Gasteiger partial charge in [-0.25, -0.2) is 4.79 Å². The summed E-state index contributed by atoms with van der Waals surface area (Å²) in [6.45, 7) is 7.76. The Morgan fingerprint density at radius 1 is 1.50 bits per heavy atom. The smallest absolute Gasteiger partial charge is 0.407 e. The first kappa shape index (κ1) is 12.8. The third-order valence-corrected chi connectivity index (χ3v) is 2.75. The van der Waals surface area contributed by atoms with Gasteiger partial charge in [-0.1, -0.05) is 13.8 Å². The molecular weight excluding hydrogens is 210 g/mol. The molecule has 1 fully saturated rings. The Morgan fingerprint density at radius 2 is 2.12 bits per heavy atom. The van der Waals surface area contributed by atoms with Gasteiger partial charge in [0.2, 0.25) is 0 Å². The molecule has 0 aromatic carbocycles. The molecule has 92 valence electrons. The van der Waals surface area contributed by atoms with E-state index in [0.29, 0.717) is 6.61 Å². The van der Waals surface area contributed by atoms with E-state index in [1.54, 1.807) is 13.8 Å². The monoisotopic (exact) mass is 229 g/mol. The first-order chi connectivity index (χ1) is 7.47. The van der Waals surface area contributed by atoms with Gasteiger partial charge in [-0.3, -0.25) is 4.79 Å². The van der Waals surface area contributed by atoms with E-state index >= 15 is 0 Å². The molecule has 1 heterocycles. The van der Waals surface area contributed by atoms with Crippen LogP contribution in [0.5, 0.6) is 0 Å². The zero-order chi connectivity index (χ0) is 12.3. The molecule has 5 heteroatoms. The highest BCUT2D eigenvalue weighted by Gasteiger charge is 2.42. The molecule has 0 saturated carbocycles. The van der Waals surface area contributed by atoms with Crippen LogP contribution in [-0.4, -0.2) is 30.8 Å². The van der Waals surface area contributed by atoms with Gasteiger partial charge in [0, 0.05) is 0 Å². The number of ether oxygens (including phenoxy) is 2. The second kappa shape index (κ2) is 5.18. The second-order valence-electron chi connectivity index (χ2n) is 4.32. The topological polar surface area (TPSA) is 64.6 Å². The fourth-order valence-corrected chi connectivity index (χ4v) is 1.82. The first-order valence-corrected chi connectivity index (χ1v) is 5.61. The number of nitrogens with one attached hydrogen (secondary N) is 1. The highest BCUT2D eigenvalue weighted by molar-refractivity contribution is 5.76. The standard InChI is InChI=1S/C11H19NO4/c1-5-15-10(13)7(4)9-8(6(2)3)12-11(14)16-9/h6-9H,5H2,1-4H3,(H,12,14)/t7-,8+,9+/m1/s1. The third-order valence-electron chi connectivity index (χ3n) is 2.75. The lowest BCUT2D eigenvalue weighted by atomic mass is 9.91. The lowest BCUT2D eigenvalue weighted by molar-refractivity contribution is -0.151. The summed E-state index contributed by atoms with van der Waals surface area (Å²) < 4.78 is 10.0. The quantitative estimate of drug-likeness (QED) is 0.738. The summed E-state index contributed by atoms with van der Waals surface area (Å²) in [4.78, 5) is 22.7. The van der Waals surface area contributed by atoms with Crippen molar-refractivity contribution in [3.8, 4) is 0 Å². The summed E-state index contributed by atoms with van der Waals surface area (Å²) in [6, 6.07) is -0.132. The molecule has 0 spiro atoms. The van der Waals surface area contributed by atoms with E-state index in [4.69, 9.17) is 9.47 Å². The number of amides is 1. The molecule has 0 aromatic rings. The minimum absolute atomic E-state index is 0.132. The van der Waals surface area contributed by atoms with Gasteiger partial charge in [0.05, 0.1) is 18.6 Å². The van der Waals surface area contributed by atoms with Gasteiger partial charge in [0.1, 0.15) is 6.10 Å². The highest BCUT2D eigenvalue weighted by Crippen LogP contribution is 2.23. The van der Waals surface area contributed by atoms with Gasteiger partial charge >= 0.3 is 12.1 Å². The lowest BCUT2D eigenvalue weighted by Crippen LogP contribution is -2.42. The Morgan fingerprint density at radius 3 is 2.62 bits per heavy atom. The normalized spacial score (nSPS) is 26.2. The number of cyclic esters (lactones) is 1. The van der Waals surface area contributed by atoms with Gasteiger partial charge < -0.3 is 14.8 Å². The Hall–Kier alpha value is -1.26. The zero-order valence-corrected chi connectivity index (χ0v) is 10.1. The van der Waals surface area contributed by atoms with Crippen LogP contribution in [0.3, 0.4) is 0 Å². The summed E-state index contributed by atoms with van der Waals surface area (Å²) >= 11 is 0. The fraction of sp³-hybridized carbons (Fsp3) is 0.818. The van der Waals surface area contributed by atoms with Crippen LogP contribution in [0.2, 0.25) is 0 Å². The number of carbonyl (C=O) groups excluding carboxylic acids is 2. The average Bonchev–Trinajstić information content (AvgIpc) is 2.59. The number of carbonyl (C=O) groups is 2. The van der Waals surface area contributed by atoms with Gasteiger partial charge in [0.15, 0.2) is 0 Å². The average molecular weight is 229 g/mol. The van der Waals surface area contributed by atoms with Crippen LogP contribution >= 0.6 is 0 Å². The van der Waals surface area contributed by atoms with Crippen molar-refractivity contribution in [3.05, 3.63) is 0 Å². The number of esters is 1. The van der Waals surface area contributed by atoms with E-state index in [9.17, 15) is 9.59 Å². The summed E-state index contributed by atoms with van der Waals surface area (Å²) in [5.74, 6) is -0.547. The van der Waals surface area contributed by atoms with Crippen molar-refractivity contribution in [2.24, 2.45) is 11.8 Å². The van der Waals surface area contributed by atoms with Crippen molar-refractivity contribution in [3.63, 3.8) is 0 Å². The van der Waals surface area contributed by atoms with Crippen molar-refractivity contribution in [1.82, 2.24) is 5.32 Å². The summed E-state index contributed by atoms with van der Waals surface area (Å²) in [5.41, 5.74) is 0. The SMILES string of the molecule is CCOC(=O)[C@H](C)[C@@H]1OC(=O)N[C@H]1C(C)C. The predicted molar refractivity (Wildman–Crippen MR) is 57.8 cm³/mol. The molecule has 0 bridgehead atoms. The summed E-state index contributed by atoms with van der Waals surface area (Å²) in [6.07, 6.45) is -0.897. The summed E-state index contributed by atoms with van der Waals surface area (Å²) in [5, 5.41) is 2.71. The Balaban J connectivity index is 2.70. The molecular formula is C11H19NO4. The molecule has 1 aliphatic heterocycles. The number of hydrogen-bond donors (Lipinski definition) is 1. The number of rotatable bonds is 4. The van der Waals surface area contributed by atoms with E-state index in [-0.39, 0.29) is 17.9 Å². The number of alkyl carbamates (subject to hydrolysis) is 1. The van der Waals surface area contributed by atoms with Crippen LogP contribution in [-0.2, 0) is 14.3 Å². The van der Waals surface area contributed by atoms with E-state index in [1.807, 2.05) is 13.8 Å². The molecule has 1 amide bonds. The van der Waals surface area contributed by atoms with Crippen LogP contribution in [0, 0.1) is 11.8 Å². The molecule has 0 aromatic heterocycles. The molecule has 1 aliphatic rings. The Kier molecular flexibility index (Phi) is 4.15. The molecule has 1 rings (SSSR count). The van der Waals surface area contributed by atoms with Crippen LogP contribution in [0.1, 0.15) is 27.7 Å². The van der Waals surface area contributed by atoms with E-state index < -0.39 is 18.1 Å². The van der Waals surface area contributed by atoms with Crippen molar-refractivity contribution >= 4 is 12.1 Å². The van der Waals surface area contributed by atoms with E-state index in [0.717, 1.165) is 0 Å². The lowest BCUT2D eigenvalue weighted by Gasteiger charge is -2.24. The van der Waals surface area contributed by atoms with Crippen LogP contribution in [0.4, 0.5) is 4.79 Å². The van der Waals surface area contributed by atoms with Crippen molar-refractivity contribution in [2.45, 2.75) is 39.8 Å². The molecule has 16 heavy (non-hydrogen) atoms. The summed E-state index contributed by atoms with van der Waals surface area (Å²) in [7, 11) is 0. The van der Waals surface area contributed by atoms with Crippen molar-refractivity contribution < 1.29 is 19.1 Å². The molecule has 1 N–H and O–H groups in total. The molecule has 5 nitrogen and oxygen atoms in total. The fourth-order valence-electron chi connectivity index (χ4n) is 1.82. The molecule has 1 saturated heterocycles. The maximum absolute atomic E-state index is 11.6. The third kappa shape index (κ3) is 2.65. The van der Waals surface area contributed by atoms with E-state index in [1.165, 1.54) is 0 Å². The largest absolute Gasteiger partial charge is 0.466 e. The molecule has 0 radical (unpaired) electrons. The first-order valence-electron chi connectivity index (χ1n) is 5.61. The van der Waals surface area contributed by atoms with Gasteiger partial charge in [-0.2, -0.15) is 0 Å². The second-order valence-corrected chi connectivity index (χ2v) is 4.32. The van der Waals surface area contributed by atoms with Gasteiger partial charge in [0.25, 0.3) is 0 Å². The maximum Gasteiger partial charge on any atom is 0.407 e. The van der Waals surface area contributed by atoms with Gasteiger partial charge in [-0.15, -0.1) is 0 Å². The zero-order valence-electron chi connectivity index (χ0n) is 10.1. The van der Waals surface area contributed by atoms with Crippen LogP contribution in [0.15, 0.2) is 0 Å². The van der Waals surface area contributed by atoms with Crippen molar-refractivity contribution in [2.75, 3.05) is 6.61 Å².